The first-order chi connectivity index (χ1) is 14.7. The van der Waals surface area contributed by atoms with Crippen molar-refractivity contribution in [2.75, 3.05) is 24.5 Å². The maximum atomic E-state index is 6.62. The number of hydrogen-bond acceptors (Lipinski definition) is 5. The zero-order valence-electron chi connectivity index (χ0n) is 17.8. The lowest BCUT2D eigenvalue weighted by Crippen LogP contribution is -2.57. The van der Waals surface area contributed by atoms with Gasteiger partial charge in [-0.05, 0) is 37.3 Å². The molecule has 3 aliphatic rings. The number of nitrogens with two attached hydrogens (primary N) is 1. The van der Waals surface area contributed by atoms with Gasteiger partial charge in [0.1, 0.15) is 0 Å². The Morgan fingerprint density at radius 2 is 1.70 bits per heavy atom. The molecule has 5 rings (SSSR count). The molecule has 1 aliphatic carbocycles. The van der Waals surface area contributed by atoms with E-state index in [2.05, 4.69) is 36.1 Å². The molecule has 0 bridgehead atoms. The van der Waals surface area contributed by atoms with Crippen LogP contribution in [0.2, 0.25) is 0 Å². The molecule has 2 fully saturated rings. The van der Waals surface area contributed by atoms with Gasteiger partial charge in [0.15, 0.2) is 0 Å². The monoisotopic (exact) mass is 401 g/mol. The molecule has 5 nitrogen and oxygen atoms in total. The van der Waals surface area contributed by atoms with Gasteiger partial charge < -0.3 is 10.6 Å². The van der Waals surface area contributed by atoms with Crippen molar-refractivity contribution in [2.45, 2.75) is 51.4 Å². The second-order valence-electron chi connectivity index (χ2n) is 9.25. The van der Waals surface area contributed by atoms with Crippen molar-refractivity contribution in [1.29, 1.82) is 0 Å². The Labute approximate surface area is 179 Å². The van der Waals surface area contributed by atoms with Crippen LogP contribution in [0.3, 0.4) is 0 Å². The molecule has 156 valence electrons. The third kappa shape index (κ3) is 3.51. The van der Waals surface area contributed by atoms with Crippen LogP contribution >= 0.6 is 0 Å². The van der Waals surface area contributed by atoms with Crippen molar-refractivity contribution >= 4 is 11.7 Å². The first-order valence-corrected chi connectivity index (χ1v) is 11.3. The van der Waals surface area contributed by atoms with Crippen molar-refractivity contribution in [3.05, 3.63) is 65.1 Å². The first-order valence-electron chi connectivity index (χ1n) is 11.3. The van der Waals surface area contributed by atoms with E-state index in [1.165, 1.54) is 37.7 Å². The minimum Gasteiger partial charge on any atom is -0.401 e. The van der Waals surface area contributed by atoms with Gasteiger partial charge in [-0.2, -0.15) is 0 Å². The minimum absolute atomic E-state index is 0.209. The van der Waals surface area contributed by atoms with Gasteiger partial charge in [0.25, 0.3) is 0 Å². The predicted molar refractivity (Wildman–Crippen MR) is 122 cm³/mol. The summed E-state index contributed by atoms with van der Waals surface area (Å²) < 4.78 is 0. The number of allylic oxidation sites excluding steroid dienone is 2. The Balaban J connectivity index is 1.33. The molecule has 1 aromatic carbocycles. The highest BCUT2D eigenvalue weighted by atomic mass is 15.3. The summed E-state index contributed by atoms with van der Waals surface area (Å²) in [5, 5.41) is 0. The first kappa shape index (κ1) is 19.3. The second kappa shape index (κ2) is 7.86. The molecule has 5 heteroatoms. The van der Waals surface area contributed by atoms with E-state index in [1.54, 1.807) is 0 Å². The second-order valence-corrected chi connectivity index (χ2v) is 9.25. The molecule has 3 heterocycles. The fourth-order valence-electron chi connectivity index (χ4n) is 5.45. The van der Waals surface area contributed by atoms with E-state index in [-0.39, 0.29) is 5.92 Å². The maximum Gasteiger partial charge on any atom is 0.225 e. The highest BCUT2D eigenvalue weighted by Gasteiger charge is 2.44. The smallest absolute Gasteiger partial charge is 0.225 e. The van der Waals surface area contributed by atoms with Crippen LogP contribution in [0.4, 0.5) is 5.95 Å². The van der Waals surface area contributed by atoms with Crippen LogP contribution in [-0.4, -0.2) is 35.3 Å². The topological polar surface area (TPSA) is 67.4 Å². The van der Waals surface area contributed by atoms with Gasteiger partial charge in [-0.15, -0.1) is 0 Å². The van der Waals surface area contributed by atoms with Gasteiger partial charge in [0, 0.05) is 54.6 Å². The summed E-state index contributed by atoms with van der Waals surface area (Å²) in [7, 11) is 0. The van der Waals surface area contributed by atoms with Crippen LogP contribution < -0.4 is 10.6 Å². The summed E-state index contributed by atoms with van der Waals surface area (Å²) in [5.41, 5.74) is 12.3. The van der Waals surface area contributed by atoms with E-state index in [1.807, 2.05) is 18.5 Å². The van der Waals surface area contributed by atoms with Crippen LogP contribution in [0.1, 0.15) is 62.5 Å². The zero-order valence-corrected chi connectivity index (χ0v) is 17.8. The van der Waals surface area contributed by atoms with Gasteiger partial charge in [-0.25, -0.2) is 9.97 Å². The van der Waals surface area contributed by atoms with E-state index >= 15 is 0 Å². The molecule has 1 spiro atoms. The van der Waals surface area contributed by atoms with Gasteiger partial charge in [0.2, 0.25) is 5.95 Å². The molecule has 1 saturated heterocycles. The van der Waals surface area contributed by atoms with E-state index < -0.39 is 0 Å². The molecular weight excluding hydrogens is 370 g/mol. The lowest BCUT2D eigenvalue weighted by Gasteiger charge is -2.52. The SMILES string of the molecule is CC1=C(N)C(c2ccccc2)CCN=C1c1cnc(N2CC3(CCCCC3)C2)nc1. The summed E-state index contributed by atoms with van der Waals surface area (Å²) in [6, 6.07) is 10.5. The average molecular weight is 402 g/mol. The van der Waals surface area contributed by atoms with E-state index in [9.17, 15) is 0 Å². The zero-order chi connectivity index (χ0) is 20.6. The Kier molecular flexibility index (Phi) is 5.05. The fraction of sp³-hybridized carbons (Fsp3) is 0.480. The number of anilines is 1. The van der Waals surface area contributed by atoms with Crippen molar-refractivity contribution < 1.29 is 0 Å². The summed E-state index contributed by atoms with van der Waals surface area (Å²) in [5.74, 6) is 1.06. The van der Waals surface area contributed by atoms with Crippen LogP contribution in [0, 0.1) is 5.41 Å². The van der Waals surface area contributed by atoms with Crippen molar-refractivity contribution in [1.82, 2.24) is 9.97 Å². The third-order valence-electron chi connectivity index (χ3n) is 7.21. The van der Waals surface area contributed by atoms with Crippen molar-refractivity contribution in [3.8, 4) is 0 Å². The summed E-state index contributed by atoms with van der Waals surface area (Å²) in [4.78, 5) is 16.6. The lowest BCUT2D eigenvalue weighted by molar-refractivity contribution is 0.137. The number of benzene rings is 1. The number of hydrogen-bond donors (Lipinski definition) is 1. The van der Waals surface area contributed by atoms with Gasteiger partial charge in [-0.3, -0.25) is 4.99 Å². The largest absolute Gasteiger partial charge is 0.401 e. The summed E-state index contributed by atoms with van der Waals surface area (Å²) in [6.07, 6.45) is 11.7. The maximum absolute atomic E-state index is 6.62. The summed E-state index contributed by atoms with van der Waals surface area (Å²) in [6.45, 7) is 5.05. The standard InChI is InChI=1S/C25H31N5/c1-18-22(26)21(19-8-4-2-5-9-19)10-13-27-23(18)20-14-28-24(29-15-20)30-16-25(17-30)11-6-3-7-12-25/h2,4-5,8-9,14-15,21H,3,6-7,10-13,16-17,26H2,1H3. The molecule has 1 aromatic heterocycles. The predicted octanol–water partition coefficient (Wildman–Crippen LogP) is 4.46. The summed E-state index contributed by atoms with van der Waals surface area (Å²) >= 11 is 0. The minimum atomic E-state index is 0.209. The van der Waals surface area contributed by atoms with Crippen LogP contribution in [-0.2, 0) is 0 Å². The molecule has 1 saturated carbocycles. The Hall–Kier alpha value is -2.69. The Morgan fingerprint density at radius 1 is 1.00 bits per heavy atom. The van der Waals surface area contributed by atoms with Crippen LogP contribution in [0.15, 0.2) is 59.0 Å². The molecule has 2 aromatic rings. The number of rotatable bonds is 3. The fourth-order valence-corrected chi connectivity index (χ4v) is 5.45. The number of aromatic nitrogens is 2. The molecule has 2 aliphatic heterocycles. The van der Waals surface area contributed by atoms with Gasteiger partial charge >= 0.3 is 0 Å². The molecule has 0 radical (unpaired) electrons. The van der Waals surface area contributed by atoms with E-state index in [4.69, 9.17) is 20.7 Å². The highest BCUT2D eigenvalue weighted by Crippen LogP contribution is 2.44. The van der Waals surface area contributed by atoms with Crippen molar-refractivity contribution in [2.24, 2.45) is 16.1 Å². The van der Waals surface area contributed by atoms with Gasteiger partial charge in [0.05, 0.1) is 5.71 Å². The molecule has 1 atom stereocenters. The van der Waals surface area contributed by atoms with Crippen LogP contribution in [0.5, 0.6) is 0 Å². The molecule has 0 amide bonds. The van der Waals surface area contributed by atoms with E-state index in [0.717, 1.165) is 54.5 Å². The normalized spacial score (nSPS) is 23.7. The average Bonchev–Trinajstić information content (AvgIpc) is 2.92. The number of aliphatic imine (C=N–C) groups is 1. The van der Waals surface area contributed by atoms with Gasteiger partial charge in [-0.1, -0.05) is 49.6 Å². The quantitative estimate of drug-likeness (QED) is 0.825. The number of nitrogens with zero attached hydrogens (tertiary/aromatic N) is 4. The molecule has 1 unspecified atom stereocenters. The Morgan fingerprint density at radius 3 is 2.40 bits per heavy atom. The third-order valence-corrected chi connectivity index (χ3v) is 7.21. The highest BCUT2D eigenvalue weighted by molar-refractivity contribution is 6.12. The van der Waals surface area contributed by atoms with Crippen LogP contribution in [0.25, 0.3) is 0 Å². The van der Waals surface area contributed by atoms with Crippen molar-refractivity contribution in [3.63, 3.8) is 0 Å². The lowest BCUT2D eigenvalue weighted by atomic mass is 9.69. The molecular formula is C25H31N5. The Bertz CT molecular complexity index is 947. The van der Waals surface area contributed by atoms with E-state index in [0.29, 0.717) is 5.41 Å². The molecule has 2 N–H and O–H groups in total. The molecule has 30 heavy (non-hydrogen) atoms.